The molecule has 33 heavy (non-hydrogen) atoms. The predicted octanol–water partition coefficient (Wildman–Crippen LogP) is 4.37. The third-order valence-electron chi connectivity index (χ3n) is 5.19. The summed E-state index contributed by atoms with van der Waals surface area (Å²) < 4.78 is 11.4. The zero-order chi connectivity index (χ0) is 23.8. The van der Waals surface area contributed by atoms with E-state index in [0.29, 0.717) is 23.8 Å². The molecular weight excluding hydrogens is 492 g/mol. The van der Waals surface area contributed by atoms with Gasteiger partial charge in [-0.1, -0.05) is 0 Å². The van der Waals surface area contributed by atoms with Gasteiger partial charge in [0.2, 0.25) is 0 Å². The Morgan fingerprint density at radius 3 is 2.85 bits per heavy atom. The molecule has 3 N–H and O–H groups in total. The van der Waals surface area contributed by atoms with Gasteiger partial charge >= 0.3 is 6.09 Å². The number of alkyl carbamates (subject to hydrolysis) is 1. The minimum atomic E-state index is -0.556. The third kappa shape index (κ3) is 5.29. The molecule has 10 nitrogen and oxygen atoms in total. The molecule has 0 saturated carbocycles. The van der Waals surface area contributed by atoms with Crippen LogP contribution >= 0.6 is 15.9 Å². The molecule has 4 heterocycles. The summed E-state index contributed by atoms with van der Waals surface area (Å²) in [5, 5.41) is 6.65. The van der Waals surface area contributed by atoms with Crippen LogP contribution in [0.1, 0.15) is 50.0 Å². The smallest absolute Gasteiger partial charge is 0.407 e. The van der Waals surface area contributed by atoms with E-state index in [2.05, 4.69) is 46.4 Å². The fourth-order valence-corrected chi connectivity index (χ4v) is 4.44. The number of piperidine rings is 1. The molecule has 1 saturated heterocycles. The van der Waals surface area contributed by atoms with E-state index in [1.54, 1.807) is 19.3 Å². The maximum atomic E-state index is 12.7. The molecule has 0 aromatic carbocycles. The summed E-state index contributed by atoms with van der Waals surface area (Å²) in [5.74, 6) is 0.0443. The van der Waals surface area contributed by atoms with E-state index in [0.717, 1.165) is 34.9 Å². The lowest BCUT2D eigenvalue weighted by Gasteiger charge is -2.36. The van der Waals surface area contributed by atoms with Crippen LogP contribution in [0.5, 0.6) is 0 Å². The normalized spacial score (nSPS) is 16.6. The van der Waals surface area contributed by atoms with Crippen molar-refractivity contribution in [1.29, 1.82) is 0 Å². The van der Waals surface area contributed by atoms with Gasteiger partial charge in [-0.25, -0.2) is 14.8 Å². The minimum absolute atomic E-state index is 0.0706. The van der Waals surface area contributed by atoms with Crippen molar-refractivity contribution >= 4 is 50.3 Å². The number of carbonyl (C=O) groups excluding carboxylic acids is 2. The van der Waals surface area contributed by atoms with Crippen molar-refractivity contribution in [3.63, 3.8) is 0 Å². The maximum absolute atomic E-state index is 12.7. The number of aryl methyl sites for hydroxylation is 1. The predicted molar refractivity (Wildman–Crippen MR) is 128 cm³/mol. The van der Waals surface area contributed by atoms with Gasteiger partial charge in [-0.05, 0) is 49.5 Å². The van der Waals surface area contributed by atoms with Gasteiger partial charge in [-0.3, -0.25) is 4.79 Å². The van der Waals surface area contributed by atoms with Crippen LogP contribution in [-0.2, 0) is 4.74 Å². The first kappa shape index (κ1) is 23.1. The Kier molecular flexibility index (Phi) is 6.33. The van der Waals surface area contributed by atoms with Gasteiger partial charge < -0.3 is 29.7 Å². The molecule has 2 amide bonds. The van der Waals surface area contributed by atoms with Gasteiger partial charge in [-0.15, -0.1) is 0 Å². The van der Waals surface area contributed by atoms with Crippen molar-refractivity contribution < 1.29 is 18.7 Å². The topological polar surface area (TPSA) is 125 Å². The molecule has 0 aliphatic carbocycles. The van der Waals surface area contributed by atoms with Crippen molar-refractivity contribution in [2.75, 3.05) is 23.3 Å². The van der Waals surface area contributed by atoms with Crippen LogP contribution in [0.4, 0.5) is 16.2 Å². The number of oxazole rings is 1. The van der Waals surface area contributed by atoms with Crippen molar-refractivity contribution in [2.24, 2.45) is 0 Å². The Balaban J connectivity index is 1.59. The van der Waals surface area contributed by atoms with Gasteiger partial charge in [0.15, 0.2) is 11.6 Å². The highest BCUT2D eigenvalue weighted by Gasteiger charge is 2.28. The molecule has 176 valence electrons. The van der Waals surface area contributed by atoms with Crippen LogP contribution in [0, 0.1) is 6.92 Å². The van der Waals surface area contributed by atoms with E-state index in [1.165, 1.54) is 6.26 Å². The second-order valence-electron chi connectivity index (χ2n) is 9.02. The van der Waals surface area contributed by atoms with Crippen LogP contribution in [0.2, 0.25) is 0 Å². The summed E-state index contributed by atoms with van der Waals surface area (Å²) in [6, 6.07) is -0.0706. The Morgan fingerprint density at radius 1 is 1.36 bits per heavy atom. The number of pyridine rings is 1. The number of nitrogens with one attached hydrogen (secondary N) is 3. The molecule has 3 aromatic heterocycles. The SMILES string of the molecule is Cc1nc(C(=O)Nc2c[nH]c3ncc(Br)c(N4CCCC(NC(=O)OC(C)(C)C)C4)c23)co1. The maximum Gasteiger partial charge on any atom is 0.407 e. The number of halogens is 1. The Hall–Kier alpha value is -3.08. The monoisotopic (exact) mass is 518 g/mol. The quantitative estimate of drug-likeness (QED) is 0.468. The highest BCUT2D eigenvalue weighted by atomic mass is 79.9. The second-order valence-corrected chi connectivity index (χ2v) is 9.87. The number of carbonyl (C=O) groups is 2. The van der Waals surface area contributed by atoms with Gasteiger partial charge in [0, 0.05) is 38.4 Å². The summed E-state index contributed by atoms with van der Waals surface area (Å²) in [5.41, 5.74) is 1.76. The molecule has 11 heteroatoms. The first-order valence-corrected chi connectivity index (χ1v) is 11.5. The van der Waals surface area contributed by atoms with Crippen LogP contribution in [-0.4, -0.2) is 51.7 Å². The molecule has 3 aromatic rings. The number of rotatable bonds is 4. The molecule has 1 aliphatic rings. The van der Waals surface area contributed by atoms with E-state index >= 15 is 0 Å². The lowest BCUT2D eigenvalue weighted by atomic mass is 10.0. The van der Waals surface area contributed by atoms with Crippen LogP contribution in [0.25, 0.3) is 11.0 Å². The van der Waals surface area contributed by atoms with E-state index in [-0.39, 0.29) is 17.6 Å². The van der Waals surface area contributed by atoms with E-state index in [9.17, 15) is 9.59 Å². The number of aromatic amines is 1. The minimum Gasteiger partial charge on any atom is -0.448 e. The fraction of sp³-hybridized carbons (Fsp3) is 0.455. The summed E-state index contributed by atoms with van der Waals surface area (Å²) >= 11 is 3.63. The molecule has 0 spiro atoms. The van der Waals surface area contributed by atoms with Crippen molar-refractivity contribution in [3.05, 3.63) is 34.7 Å². The molecule has 0 bridgehead atoms. The molecule has 0 radical (unpaired) electrons. The number of amides is 2. The fourth-order valence-electron chi connectivity index (χ4n) is 3.89. The van der Waals surface area contributed by atoms with Gasteiger partial charge in [-0.2, -0.15) is 0 Å². The highest BCUT2D eigenvalue weighted by molar-refractivity contribution is 9.10. The van der Waals surface area contributed by atoms with Crippen LogP contribution < -0.4 is 15.5 Å². The number of H-pyrrole nitrogens is 1. The zero-order valence-electron chi connectivity index (χ0n) is 19.0. The number of anilines is 2. The number of nitrogens with zero attached hydrogens (tertiary/aromatic N) is 3. The molecular formula is C22H27BrN6O4. The third-order valence-corrected chi connectivity index (χ3v) is 5.77. The average molecular weight is 519 g/mol. The lowest BCUT2D eigenvalue weighted by Crippen LogP contribution is -2.49. The van der Waals surface area contributed by atoms with Crippen molar-refractivity contribution in [3.8, 4) is 0 Å². The molecule has 1 aliphatic heterocycles. The number of ether oxygens (including phenoxy) is 1. The van der Waals surface area contributed by atoms with Gasteiger partial charge in [0.25, 0.3) is 5.91 Å². The summed E-state index contributed by atoms with van der Waals surface area (Å²) in [7, 11) is 0. The average Bonchev–Trinajstić information content (AvgIpc) is 3.33. The molecule has 1 unspecified atom stereocenters. The van der Waals surface area contributed by atoms with Crippen LogP contribution in [0.15, 0.2) is 27.5 Å². The van der Waals surface area contributed by atoms with Gasteiger partial charge in [0.05, 0.1) is 21.2 Å². The summed E-state index contributed by atoms with van der Waals surface area (Å²) in [6.45, 7) is 8.59. The zero-order valence-corrected chi connectivity index (χ0v) is 20.6. The van der Waals surface area contributed by atoms with E-state index < -0.39 is 11.7 Å². The summed E-state index contributed by atoms with van der Waals surface area (Å²) in [4.78, 5) is 38.8. The first-order valence-electron chi connectivity index (χ1n) is 10.7. The Bertz CT molecular complexity index is 1180. The van der Waals surface area contributed by atoms with Crippen LogP contribution in [0.3, 0.4) is 0 Å². The number of hydrogen-bond donors (Lipinski definition) is 3. The Morgan fingerprint density at radius 2 is 2.15 bits per heavy atom. The number of hydrogen-bond acceptors (Lipinski definition) is 7. The van der Waals surface area contributed by atoms with Gasteiger partial charge in [0.1, 0.15) is 17.5 Å². The highest BCUT2D eigenvalue weighted by Crippen LogP contribution is 2.39. The van der Waals surface area contributed by atoms with E-state index in [4.69, 9.17) is 9.15 Å². The van der Waals surface area contributed by atoms with Crippen molar-refractivity contribution in [1.82, 2.24) is 20.3 Å². The first-order chi connectivity index (χ1) is 15.6. The van der Waals surface area contributed by atoms with Crippen molar-refractivity contribution in [2.45, 2.75) is 52.2 Å². The number of aromatic nitrogens is 3. The molecule has 4 rings (SSSR count). The standard InChI is InChI=1S/C22H27BrN6O4/c1-12-26-16(11-32-12)20(30)28-15-9-25-19-17(15)18(14(23)8-24-19)29-7-5-6-13(10-29)27-21(31)33-22(2,3)4/h8-9,11,13H,5-7,10H2,1-4H3,(H,24,25)(H,27,31)(H,28,30). The Labute approximate surface area is 199 Å². The lowest BCUT2D eigenvalue weighted by molar-refractivity contribution is 0.0500. The molecule has 1 atom stereocenters. The largest absolute Gasteiger partial charge is 0.448 e. The second kappa shape index (κ2) is 9.05. The van der Waals surface area contributed by atoms with E-state index in [1.807, 2.05) is 20.8 Å². The number of fused-ring (bicyclic) bond motifs is 1. The molecule has 1 fully saturated rings. The summed E-state index contributed by atoms with van der Waals surface area (Å²) in [6.07, 6.45) is 6.08.